The molecular formula is C62H39N5O. The molecule has 0 aliphatic carbocycles. The summed E-state index contributed by atoms with van der Waals surface area (Å²) in [6.07, 6.45) is 0. The van der Waals surface area contributed by atoms with Crippen molar-refractivity contribution in [3.63, 3.8) is 0 Å². The van der Waals surface area contributed by atoms with E-state index >= 15 is 0 Å². The van der Waals surface area contributed by atoms with E-state index in [2.05, 4.69) is 208 Å². The van der Waals surface area contributed by atoms with Crippen molar-refractivity contribution in [2.24, 2.45) is 0 Å². The second-order valence-electron chi connectivity index (χ2n) is 17.4. The first kappa shape index (κ1) is 38.1. The van der Waals surface area contributed by atoms with E-state index in [-0.39, 0.29) is 0 Å². The van der Waals surface area contributed by atoms with Gasteiger partial charge in [-0.15, -0.1) is 10.2 Å². The highest BCUT2D eigenvalue weighted by Gasteiger charge is 2.22. The van der Waals surface area contributed by atoms with E-state index in [4.69, 9.17) is 14.6 Å². The summed E-state index contributed by atoms with van der Waals surface area (Å²) in [6.45, 7) is 0. The molecule has 0 aliphatic rings. The van der Waals surface area contributed by atoms with Crippen LogP contribution in [-0.2, 0) is 0 Å². The van der Waals surface area contributed by atoms with Gasteiger partial charge in [-0.25, -0.2) is 0 Å². The predicted molar refractivity (Wildman–Crippen MR) is 279 cm³/mol. The molecule has 0 spiro atoms. The van der Waals surface area contributed by atoms with Crippen LogP contribution >= 0.6 is 0 Å². The van der Waals surface area contributed by atoms with Crippen LogP contribution in [0.2, 0.25) is 0 Å². The SMILES string of the molecule is c1ccc(-c2nnc(-c3ccccc3)n2-c2ccc3c4ccccc4n(-c4cccc(-c5ccccc5-c5cccc(-n6c7ccccc7c7c8oc9ccccc9c8ccc76)c5)c4)c3c2)cc1. The van der Waals surface area contributed by atoms with Crippen LogP contribution in [0.25, 0.3) is 128 Å². The first-order chi connectivity index (χ1) is 33.7. The van der Waals surface area contributed by atoms with Gasteiger partial charge in [-0.2, -0.15) is 0 Å². The molecule has 318 valence electrons. The number of hydrogen-bond donors (Lipinski definition) is 0. The van der Waals surface area contributed by atoms with Crippen LogP contribution in [0, 0.1) is 0 Å². The van der Waals surface area contributed by atoms with Crippen LogP contribution in [0.1, 0.15) is 0 Å². The summed E-state index contributed by atoms with van der Waals surface area (Å²) in [4.78, 5) is 0. The van der Waals surface area contributed by atoms with Gasteiger partial charge in [-0.05, 0) is 89.0 Å². The van der Waals surface area contributed by atoms with E-state index in [0.29, 0.717) is 0 Å². The molecule has 0 saturated carbocycles. The average Bonchev–Trinajstić information content (AvgIpc) is 4.19. The summed E-state index contributed by atoms with van der Waals surface area (Å²) in [5, 5.41) is 16.5. The van der Waals surface area contributed by atoms with Gasteiger partial charge in [0.05, 0.1) is 33.1 Å². The summed E-state index contributed by atoms with van der Waals surface area (Å²) in [7, 11) is 0. The molecule has 0 fully saturated rings. The van der Waals surface area contributed by atoms with Crippen molar-refractivity contribution < 1.29 is 4.42 Å². The number of nitrogens with zero attached hydrogens (tertiary/aromatic N) is 5. The molecular weight excluding hydrogens is 831 g/mol. The number of para-hydroxylation sites is 3. The van der Waals surface area contributed by atoms with Crippen molar-refractivity contribution in [1.82, 2.24) is 23.9 Å². The molecule has 10 aromatic carbocycles. The van der Waals surface area contributed by atoms with Gasteiger partial charge in [-0.3, -0.25) is 4.57 Å². The largest absolute Gasteiger partial charge is 0.455 e. The fourth-order valence-electron chi connectivity index (χ4n) is 10.6. The molecule has 68 heavy (non-hydrogen) atoms. The summed E-state index contributed by atoms with van der Waals surface area (Å²) in [5.41, 5.74) is 16.0. The normalized spacial score (nSPS) is 11.8. The van der Waals surface area contributed by atoms with Crippen LogP contribution in [0.4, 0.5) is 0 Å². The van der Waals surface area contributed by atoms with Gasteiger partial charge in [0.15, 0.2) is 11.6 Å². The molecule has 14 aromatic rings. The minimum Gasteiger partial charge on any atom is -0.455 e. The molecule has 0 saturated heterocycles. The molecule has 0 radical (unpaired) electrons. The van der Waals surface area contributed by atoms with E-state index < -0.39 is 0 Å². The Morgan fingerprint density at radius 2 is 0.779 bits per heavy atom. The monoisotopic (exact) mass is 869 g/mol. The molecule has 4 heterocycles. The van der Waals surface area contributed by atoms with Gasteiger partial charge in [-0.1, -0.05) is 170 Å². The van der Waals surface area contributed by atoms with Crippen molar-refractivity contribution in [3.05, 3.63) is 237 Å². The van der Waals surface area contributed by atoms with Crippen LogP contribution in [0.15, 0.2) is 241 Å². The zero-order valence-corrected chi connectivity index (χ0v) is 36.7. The maximum absolute atomic E-state index is 6.61. The Balaban J connectivity index is 0.913. The van der Waals surface area contributed by atoms with Gasteiger partial charge >= 0.3 is 0 Å². The third kappa shape index (κ3) is 5.84. The smallest absolute Gasteiger partial charge is 0.168 e. The maximum Gasteiger partial charge on any atom is 0.168 e. The van der Waals surface area contributed by atoms with Crippen LogP contribution in [-0.4, -0.2) is 23.9 Å². The Kier molecular flexibility index (Phi) is 8.48. The standard InChI is InChI=1S/C62H39N5O/c1-3-17-40(18-4-1)61-63-64-62(41-19-5-2-6-20-41)67(61)46-33-34-50-49-27-9-12-30-54(49)66(57(50)39-46)45-24-16-22-43(38-45)48-26-8-7-25-47(48)42-21-15-23-44(37-42)65-55-31-13-10-29-53(55)59-56(65)36-35-52-51-28-11-14-32-58(51)68-60(52)59/h1-39H. The van der Waals surface area contributed by atoms with E-state index in [0.717, 1.165) is 111 Å². The fraction of sp³-hybridized carbons (Fsp3) is 0. The van der Waals surface area contributed by atoms with Crippen molar-refractivity contribution in [3.8, 4) is 62.1 Å². The van der Waals surface area contributed by atoms with Crippen molar-refractivity contribution >= 4 is 65.6 Å². The van der Waals surface area contributed by atoms with E-state index in [1.165, 1.54) is 16.2 Å². The highest BCUT2D eigenvalue weighted by molar-refractivity contribution is 6.24. The molecule has 6 heteroatoms. The number of hydrogen-bond acceptors (Lipinski definition) is 3. The minimum atomic E-state index is 0.788. The minimum absolute atomic E-state index is 0.788. The number of benzene rings is 10. The van der Waals surface area contributed by atoms with Crippen LogP contribution in [0.5, 0.6) is 0 Å². The Labute approximate surface area is 390 Å². The summed E-state index contributed by atoms with van der Waals surface area (Å²) in [5.74, 6) is 1.58. The first-order valence-corrected chi connectivity index (χ1v) is 23.0. The predicted octanol–water partition coefficient (Wildman–Crippen LogP) is 16.0. The molecule has 0 N–H and O–H groups in total. The van der Waals surface area contributed by atoms with Gasteiger partial charge < -0.3 is 13.6 Å². The lowest BCUT2D eigenvalue weighted by Crippen LogP contribution is -2.01. The summed E-state index contributed by atoms with van der Waals surface area (Å²) < 4.78 is 13.6. The van der Waals surface area contributed by atoms with Crippen LogP contribution < -0.4 is 0 Å². The average molecular weight is 870 g/mol. The lowest BCUT2D eigenvalue weighted by molar-refractivity contribution is 0.673. The van der Waals surface area contributed by atoms with E-state index in [1.807, 2.05) is 42.5 Å². The highest BCUT2D eigenvalue weighted by atomic mass is 16.3. The zero-order valence-electron chi connectivity index (χ0n) is 36.7. The summed E-state index contributed by atoms with van der Waals surface area (Å²) >= 11 is 0. The van der Waals surface area contributed by atoms with Gasteiger partial charge in [0.25, 0.3) is 0 Å². The van der Waals surface area contributed by atoms with E-state index in [9.17, 15) is 0 Å². The molecule has 14 rings (SSSR count). The number of aromatic nitrogens is 5. The Morgan fingerprint density at radius 3 is 1.44 bits per heavy atom. The van der Waals surface area contributed by atoms with Gasteiger partial charge in [0.2, 0.25) is 0 Å². The molecule has 6 nitrogen and oxygen atoms in total. The number of furan rings is 1. The Bertz CT molecular complexity index is 4210. The first-order valence-electron chi connectivity index (χ1n) is 23.0. The number of fused-ring (bicyclic) bond motifs is 10. The van der Waals surface area contributed by atoms with Gasteiger partial charge in [0.1, 0.15) is 11.2 Å². The second kappa shape index (κ2) is 15.2. The van der Waals surface area contributed by atoms with Crippen molar-refractivity contribution in [1.29, 1.82) is 0 Å². The third-order valence-electron chi connectivity index (χ3n) is 13.6. The zero-order chi connectivity index (χ0) is 44.7. The lowest BCUT2D eigenvalue weighted by Gasteiger charge is -2.15. The van der Waals surface area contributed by atoms with Crippen molar-refractivity contribution in [2.45, 2.75) is 0 Å². The fourth-order valence-corrected chi connectivity index (χ4v) is 10.6. The molecule has 0 unspecified atom stereocenters. The maximum atomic E-state index is 6.61. The lowest BCUT2D eigenvalue weighted by atomic mass is 9.94. The Hall–Kier alpha value is -9.26. The third-order valence-corrected chi connectivity index (χ3v) is 13.6. The molecule has 0 atom stereocenters. The molecule has 0 amide bonds. The van der Waals surface area contributed by atoms with Crippen LogP contribution in [0.3, 0.4) is 0 Å². The highest BCUT2D eigenvalue weighted by Crippen LogP contribution is 2.42. The van der Waals surface area contributed by atoms with E-state index in [1.54, 1.807) is 0 Å². The molecule has 4 aromatic heterocycles. The number of rotatable bonds is 7. The molecule has 0 bridgehead atoms. The molecule has 0 aliphatic heterocycles. The van der Waals surface area contributed by atoms with Gasteiger partial charge in [0, 0.05) is 49.4 Å². The quantitative estimate of drug-likeness (QED) is 0.160. The second-order valence-corrected chi connectivity index (χ2v) is 17.4. The Morgan fingerprint density at radius 1 is 0.294 bits per heavy atom. The summed E-state index contributed by atoms with van der Waals surface area (Å²) in [6, 6.07) is 84.1. The van der Waals surface area contributed by atoms with Crippen molar-refractivity contribution in [2.75, 3.05) is 0 Å². The topological polar surface area (TPSA) is 53.7 Å².